The highest BCUT2D eigenvalue weighted by atomic mass is 79.9. The quantitative estimate of drug-likeness (QED) is 0.249. The maximum atomic E-state index is 12.7. The lowest BCUT2D eigenvalue weighted by molar-refractivity contribution is -0.118. The molecule has 0 aliphatic carbocycles. The van der Waals surface area contributed by atoms with Crippen LogP contribution in [-0.4, -0.2) is 18.4 Å². The molecule has 0 aromatic heterocycles. The first kappa shape index (κ1) is 25.2. The zero-order valence-electron chi connectivity index (χ0n) is 18.5. The highest BCUT2D eigenvalue weighted by molar-refractivity contribution is 9.11. The van der Waals surface area contributed by atoms with Crippen LogP contribution >= 0.6 is 31.9 Å². The van der Waals surface area contributed by atoms with E-state index < -0.39 is 5.91 Å². The van der Waals surface area contributed by atoms with Gasteiger partial charge in [0.2, 0.25) is 0 Å². The summed E-state index contributed by atoms with van der Waals surface area (Å²) >= 11 is 6.85. The first-order chi connectivity index (χ1) is 16.3. The van der Waals surface area contributed by atoms with Gasteiger partial charge in [-0.3, -0.25) is 9.59 Å². The molecular weight excluding hydrogens is 562 g/mol. The molecule has 6 nitrogen and oxygen atoms in total. The van der Waals surface area contributed by atoms with E-state index in [1.54, 1.807) is 30.3 Å². The fourth-order valence-electron chi connectivity index (χ4n) is 3.10. The number of halogens is 2. The summed E-state index contributed by atoms with van der Waals surface area (Å²) in [4.78, 5) is 25.2. The number of nitrogens with zero attached hydrogens (tertiary/aromatic N) is 1. The van der Waals surface area contributed by atoms with Crippen molar-refractivity contribution < 1.29 is 14.3 Å². The van der Waals surface area contributed by atoms with E-state index in [0.29, 0.717) is 31.6 Å². The molecule has 0 spiro atoms. The van der Waals surface area contributed by atoms with Gasteiger partial charge in [0.25, 0.3) is 11.8 Å². The normalized spacial score (nSPS) is 10.9. The van der Waals surface area contributed by atoms with Crippen molar-refractivity contribution in [1.29, 1.82) is 5.26 Å². The average Bonchev–Trinajstić information content (AvgIpc) is 2.78. The first-order valence-electron chi connectivity index (χ1n) is 10.2. The highest BCUT2D eigenvalue weighted by Crippen LogP contribution is 2.34. The predicted octanol–water partition coefficient (Wildman–Crippen LogP) is 6.39. The highest BCUT2D eigenvalue weighted by Gasteiger charge is 2.16. The van der Waals surface area contributed by atoms with Crippen molar-refractivity contribution >= 4 is 61.1 Å². The number of benzene rings is 3. The topological polar surface area (TPSA) is 91.2 Å². The van der Waals surface area contributed by atoms with Gasteiger partial charge in [-0.25, -0.2) is 0 Å². The van der Waals surface area contributed by atoms with E-state index in [1.165, 1.54) is 6.08 Å². The lowest BCUT2D eigenvalue weighted by Crippen LogP contribution is -2.20. The maximum absolute atomic E-state index is 12.7. The molecule has 0 aliphatic rings. The minimum atomic E-state index is -0.545. The molecule has 0 radical (unpaired) electrons. The smallest absolute Gasteiger partial charge is 0.266 e. The van der Waals surface area contributed by atoms with Crippen LogP contribution < -0.4 is 15.4 Å². The SMILES string of the molecule is Cc1cccc(NC(=O)COc2c(Br)cc(Br)cc2/C=C(/C#N)C(=O)Nc2ccccc2C)c1. The van der Waals surface area contributed by atoms with Crippen LogP contribution in [0, 0.1) is 25.2 Å². The number of anilines is 2. The number of ether oxygens (including phenoxy) is 1. The molecule has 3 aromatic rings. The lowest BCUT2D eigenvalue weighted by Gasteiger charge is -2.13. The van der Waals surface area contributed by atoms with E-state index in [1.807, 2.05) is 50.2 Å². The summed E-state index contributed by atoms with van der Waals surface area (Å²) in [5.41, 5.74) is 3.54. The zero-order chi connectivity index (χ0) is 24.7. The van der Waals surface area contributed by atoms with Crippen molar-refractivity contribution in [3.63, 3.8) is 0 Å². The molecule has 2 N–H and O–H groups in total. The molecule has 172 valence electrons. The van der Waals surface area contributed by atoms with Gasteiger partial charge >= 0.3 is 0 Å². The number of hydrogen-bond acceptors (Lipinski definition) is 4. The number of nitrogens with one attached hydrogen (secondary N) is 2. The van der Waals surface area contributed by atoms with E-state index in [0.717, 1.165) is 11.1 Å². The van der Waals surface area contributed by atoms with Crippen LogP contribution in [0.15, 0.2) is 75.2 Å². The van der Waals surface area contributed by atoms with Gasteiger partial charge in [-0.1, -0.05) is 46.3 Å². The number of para-hydroxylation sites is 1. The Morgan fingerprint density at radius 1 is 1.03 bits per heavy atom. The Labute approximate surface area is 214 Å². The first-order valence-corrected chi connectivity index (χ1v) is 11.8. The summed E-state index contributed by atoms with van der Waals surface area (Å²) in [6, 6.07) is 20.1. The van der Waals surface area contributed by atoms with Gasteiger partial charge in [0.15, 0.2) is 6.61 Å². The summed E-state index contributed by atoms with van der Waals surface area (Å²) in [5, 5.41) is 15.2. The number of rotatable bonds is 7. The number of hydrogen-bond donors (Lipinski definition) is 2. The predicted molar refractivity (Wildman–Crippen MR) is 141 cm³/mol. The molecular formula is C26H21Br2N3O3. The number of carbonyl (C=O) groups excluding carboxylic acids is 2. The van der Waals surface area contributed by atoms with Gasteiger partial charge < -0.3 is 15.4 Å². The fraction of sp³-hybridized carbons (Fsp3) is 0.115. The molecule has 8 heteroatoms. The number of nitriles is 1. The monoisotopic (exact) mass is 581 g/mol. The Balaban J connectivity index is 1.81. The zero-order valence-corrected chi connectivity index (χ0v) is 21.7. The standard InChI is InChI=1S/C26H21Br2N3O3/c1-16-6-5-8-21(10-16)30-24(32)15-34-25-18(12-20(27)13-22(25)28)11-19(14-29)26(33)31-23-9-4-3-7-17(23)2/h3-13H,15H2,1-2H3,(H,30,32)(H,31,33)/b19-11-. The van der Waals surface area contributed by atoms with E-state index in [4.69, 9.17) is 4.74 Å². The number of aryl methyl sites for hydroxylation is 2. The van der Waals surface area contributed by atoms with Gasteiger partial charge in [0, 0.05) is 21.4 Å². The average molecular weight is 583 g/mol. The molecule has 0 saturated heterocycles. The second-order valence-corrected chi connectivity index (χ2v) is 9.22. The summed E-state index contributed by atoms with van der Waals surface area (Å²) in [7, 11) is 0. The molecule has 0 saturated carbocycles. The van der Waals surface area contributed by atoms with Crippen LogP contribution in [0.5, 0.6) is 5.75 Å². The molecule has 3 aromatic carbocycles. The van der Waals surface area contributed by atoms with Crippen molar-refractivity contribution in [1.82, 2.24) is 0 Å². The molecule has 0 aliphatic heterocycles. The Bertz CT molecular complexity index is 1310. The molecule has 0 atom stereocenters. The molecule has 0 fully saturated rings. The van der Waals surface area contributed by atoms with E-state index in [-0.39, 0.29) is 18.1 Å². The van der Waals surface area contributed by atoms with Crippen LogP contribution in [0.1, 0.15) is 16.7 Å². The molecule has 2 amide bonds. The van der Waals surface area contributed by atoms with Crippen LogP contribution in [0.3, 0.4) is 0 Å². The third kappa shape index (κ3) is 6.80. The van der Waals surface area contributed by atoms with Crippen molar-refractivity contribution in [2.45, 2.75) is 13.8 Å². The maximum Gasteiger partial charge on any atom is 0.266 e. The minimum absolute atomic E-state index is 0.109. The third-order valence-electron chi connectivity index (χ3n) is 4.74. The Kier molecular flexibility index (Phi) is 8.63. The Morgan fingerprint density at radius 3 is 2.50 bits per heavy atom. The van der Waals surface area contributed by atoms with Gasteiger partial charge in [-0.05, 0) is 77.3 Å². The van der Waals surface area contributed by atoms with Gasteiger partial charge in [0.1, 0.15) is 17.4 Å². The van der Waals surface area contributed by atoms with Crippen LogP contribution in [-0.2, 0) is 9.59 Å². The van der Waals surface area contributed by atoms with Crippen LogP contribution in [0.4, 0.5) is 11.4 Å². The summed E-state index contributed by atoms with van der Waals surface area (Å²) < 4.78 is 7.05. The molecule has 0 heterocycles. The summed E-state index contributed by atoms with van der Waals surface area (Å²) in [6.45, 7) is 3.54. The van der Waals surface area contributed by atoms with Crippen molar-refractivity contribution in [2.75, 3.05) is 17.2 Å². The van der Waals surface area contributed by atoms with Crippen LogP contribution in [0.25, 0.3) is 6.08 Å². The van der Waals surface area contributed by atoms with Crippen molar-refractivity contribution in [2.24, 2.45) is 0 Å². The van der Waals surface area contributed by atoms with E-state index >= 15 is 0 Å². The summed E-state index contributed by atoms with van der Waals surface area (Å²) in [6.07, 6.45) is 1.43. The summed E-state index contributed by atoms with van der Waals surface area (Å²) in [5.74, 6) is -0.553. The second kappa shape index (κ2) is 11.6. The Morgan fingerprint density at radius 2 is 1.79 bits per heavy atom. The third-order valence-corrected chi connectivity index (χ3v) is 5.79. The molecule has 3 rings (SSSR count). The van der Waals surface area contributed by atoms with Gasteiger partial charge in [-0.2, -0.15) is 5.26 Å². The van der Waals surface area contributed by atoms with Crippen molar-refractivity contribution in [3.8, 4) is 11.8 Å². The Hall–Kier alpha value is -3.41. The van der Waals surface area contributed by atoms with Crippen molar-refractivity contribution in [3.05, 3.63) is 91.9 Å². The lowest BCUT2D eigenvalue weighted by atomic mass is 10.1. The molecule has 0 bridgehead atoms. The minimum Gasteiger partial charge on any atom is -0.482 e. The van der Waals surface area contributed by atoms with Gasteiger partial charge in [-0.15, -0.1) is 0 Å². The van der Waals surface area contributed by atoms with Gasteiger partial charge in [0.05, 0.1) is 4.47 Å². The molecule has 34 heavy (non-hydrogen) atoms. The fourth-order valence-corrected chi connectivity index (χ4v) is 4.48. The largest absolute Gasteiger partial charge is 0.482 e. The van der Waals surface area contributed by atoms with E-state index in [9.17, 15) is 14.9 Å². The van der Waals surface area contributed by atoms with E-state index in [2.05, 4.69) is 42.5 Å². The van der Waals surface area contributed by atoms with Crippen LogP contribution in [0.2, 0.25) is 0 Å². The number of carbonyl (C=O) groups is 2. The molecule has 0 unspecified atom stereocenters. The second-order valence-electron chi connectivity index (χ2n) is 7.45. The number of amides is 2.